The molecule has 1 aliphatic rings. The Bertz CT molecular complexity index is 632. The Kier molecular flexibility index (Phi) is 4.45. The summed E-state index contributed by atoms with van der Waals surface area (Å²) in [7, 11) is 0. The van der Waals surface area contributed by atoms with Crippen LogP contribution in [-0.4, -0.2) is 35.7 Å². The van der Waals surface area contributed by atoms with E-state index in [9.17, 15) is 4.79 Å². The maximum Gasteiger partial charge on any atom is 0.257 e. The number of nitrogens with zero attached hydrogens (tertiary/aromatic N) is 2. The third-order valence-electron chi connectivity index (χ3n) is 3.34. The van der Waals surface area contributed by atoms with Gasteiger partial charge in [-0.25, -0.2) is 0 Å². The lowest BCUT2D eigenvalue weighted by molar-refractivity contribution is -0.115. The van der Waals surface area contributed by atoms with Gasteiger partial charge in [0.15, 0.2) is 5.82 Å². The molecule has 116 valence electrons. The number of hydrogen-bond donors (Lipinski definition) is 2. The molecule has 7 nitrogen and oxygen atoms in total. The molecule has 1 fully saturated rings. The van der Waals surface area contributed by atoms with Gasteiger partial charge in [0.25, 0.3) is 5.89 Å². The van der Waals surface area contributed by atoms with E-state index in [1.54, 1.807) is 0 Å². The van der Waals surface area contributed by atoms with Crippen LogP contribution >= 0.6 is 0 Å². The summed E-state index contributed by atoms with van der Waals surface area (Å²) in [4.78, 5) is 16.2. The summed E-state index contributed by atoms with van der Waals surface area (Å²) in [6.07, 6.45) is -0.174. The Morgan fingerprint density at radius 1 is 1.41 bits per heavy atom. The summed E-state index contributed by atoms with van der Waals surface area (Å²) in [6.45, 7) is 4.05. The lowest BCUT2D eigenvalue weighted by Crippen LogP contribution is -2.33. The fraction of sp³-hybridized carbons (Fsp3) is 0.400. The van der Waals surface area contributed by atoms with Gasteiger partial charge < -0.3 is 19.9 Å². The molecule has 1 aromatic heterocycles. The average Bonchev–Trinajstić information content (AvgIpc) is 2.99. The van der Waals surface area contributed by atoms with E-state index >= 15 is 0 Å². The Morgan fingerprint density at radius 3 is 2.95 bits per heavy atom. The van der Waals surface area contributed by atoms with Gasteiger partial charge in [-0.1, -0.05) is 22.9 Å². The number of benzene rings is 1. The Hall–Kier alpha value is -2.25. The van der Waals surface area contributed by atoms with Gasteiger partial charge in [-0.05, 0) is 19.1 Å². The fourth-order valence-corrected chi connectivity index (χ4v) is 2.18. The second-order valence-corrected chi connectivity index (χ2v) is 5.20. The number of amides is 1. The van der Waals surface area contributed by atoms with E-state index in [-0.39, 0.29) is 18.4 Å². The molecule has 1 aromatic carbocycles. The molecule has 2 aromatic rings. The molecule has 2 heterocycles. The van der Waals surface area contributed by atoms with Crippen LogP contribution < -0.4 is 10.6 Å². The molecule has 1 amide bonds. The predicted octanol–water partition coefficient (Wildman–Crippen LogP) is 1.22. The maximum absolute atomic E-state index is 12.0. The lowest BCUT2D eigenvalue weighted by atomic mass is 10.2. The molecule has 3 rings (SSSR count). The van der Waals surface area contributed by atoms with Crippen molar-refractivity contribution in [3.8, 4) is 0 Å². The summed E-state index contributed by atoms with van der Waals surface area (Å²) >= 11 is 0. The van der Waals surface area contributed by atoms with Crippen molar-refractivity contribution in [2.75, 3.05) is 25.0 Å². The minimum absolute atomic E-state index is 0.0670. The largest absolute Gasteiger partial charge is 0.366 e. The second kappa shape index (κ2) is 6.67. The topological polar surface area (TPSA) is 89.3 Å². The summed E-state index contributed by atoms with van der Waals surface area (Å²) < 4.78 is 10.7. The van der Waals surface area contributed by atoms with E-state index in [0.717, 1.165) is 17.8 Å². The van der Waals surface area contributed by atoms with Gasteiger partial charge in [0, 0.05) is 18.8 Å². The number of morpholine rings is 1. The smallest absolute Gasteiger partial charge is 0.257 e. The molecular weight excluding hydrogens is 284 g/mol. The van der Waals surface area contributed by atoms with Crippen LogP contribution in [0.4, 0.5) is 5.69 Å². The van der Waals surface area contributed by atoms with Crippen LogP contribution in [0, 0.1) is 6.92 Å². The van der Waals surface area contributed by atoms with Gasteiger partial charge in [-0.15, -0.1) is 0 Å². The summed E-state index contributed by atoms with van der Waals surface area (Å²) in [5.74, 6) is 0.581. The van der Waals surface area contributed by atoms with Crippen molar-refractivity contribution in [2.45, 2.75) is 19.4 Å². The first-order chi connectivity index (χ1) is 10.7. The molecule has 0 radical (unpaired) electrons. The molecule has 0 saturated carbocycles. The van der Waals surface area contributed by atoms with Crippen molar-refractivity contribution in [1.82, 2.24) is 15.5 Å². The highest BCUT2D eigenvalue weighted by molar-refractivity contribution is 5.91. The van der Waals surface area contributed by atoms with Crippen LogP contribution in [0.1, 0.15) is 23.4 Å². The third-order valence-corrected chi connectivity index (χ3v) is 3.34. The number of carbonyl (C=O) groups is 1. The fourth-order valence-electron chi connectivity index (χ4n) is 2.18. The molecule has 22 heavy (non-hydrogen) atoms. The molecule has 0 spiro atoms. The maximum atomic E-state index is 12.0. The summed E-state index contributed by atoms with van der Waals surface area (Å²) in [5, 5.41) is 9.82. The van der Waals surface area contributed by atoms with Crippen LogP contribution in [0.15, 0.2) is 28.8 Å². The van der Waals surface area contributed by atoms with Crippen molar-refractivity contribution >= 4 is 11.6 Å². The van der Waals surface area contributed by atoms with E-state index in [2.05, 4.69) is 20.8 Å². The number of aromatic nitrogens is 2. The lowest BCUT2D eigenvalue weighted by Gasteiger charge is -2.19. The number of nitrogens with one attached hydrogen (secondary N) is 2. The number of carbonyl (C=O) groups excluding carboxylic acids is 1. The van der Waals surface area contributed by atoms with Gasteiger partial charge in [-0.3, -0.25) is 4.79 Å². The average molecular weight is 302 g/mol. The van der Waals surface area contributed by atoms with E-state index in [4.69, 9.17) is 9.26 Å². The van der Waals surface area contributed by atoms with Crippen LogP contribution in [-0.2, 0) is 16.0 Å². The van der Waals surface area contributed by atoms with Crippen LogP contribution in [0.5, 0.6) is 0 Å². The Morgan fingerprint density at radius 2 is 2.23 bits per heavy atom. The molecule has 0 unspecified atom stereocenters. The minimum atomic E-state index is -0.241. The zero-order valence-electron chi connectivity index (χ0n) is 12.3. The number of rotatable bonds is 4. The van der Waals surface area contributed by atoms with E-state index in [1.807, 2.05) is 31.2 Å². The molecule has 7 heteroatoms. The quantitative estimate of drug-likeness (QED) is 0.882. The van der Waals surface area contributed by atoms with Gasteiger partial charge >= 0.3 is 0 Å². The molecule has 0 aliphatic carbocycles. The molecule has 2 N–H and O–H groups in total. The zero-order chi connectivity index (χ0) is 15.4. The number of anilines is 1. The van der Waals surface area contributed by atoms with Gasteiger partial charge in [-0.2, -0.15) is 4.98 Å². The molecular formula is C15H18N4O3. The van der Waals surface area contributed by atoms with E-state index in [1.165, 1.54) is 0 Å². The second-order valence-electron chi connectivity index (χ2n) is 5.20. The predicted molar refractivity (Wildman–Crippen MR) is 79.4 cm³/mol. The van der Waals surface area contributed by atoms with Gasteiger partial charge in [0.05, 0.1) is 13.0 Å². The van der Waals surface area contributed by atoms with Gasteiger partial charge in [0.2, 0.25) is 5.91 Å². The number of aryl methyl sites for hydroxylation is 1. The minimum Gasteiger partial charge on any atom is -0.366 e. The molecule has 1 saturated heterocycles. The van der Waals surface area contributed by atoms with Crippen molar-refractivity contribution < 1.29 is 14.1 Å². The number of hydrogen-bond acceptors (Lipinski definition) is 6. The Balaban J connectivity index is 1.57. The first-order valence-corrected chi connectivity index (χ1v) is 7.22. The van der Waals surface area contributed by atoms with Gasteiger partial charge in [0.1, 0.15) is 6.10 Å². The molecule has 1 aliphatic heterocycles. The normalized spacial score (nSPS) is 18.1. The Labute approximate surface area is 128 Å². The summed E-state index contributed by atoms with van der Waals surface area (Å²) in [6, 6.07) is 7.60. The highest BCUT2D eigenvalue weighted by Gasteiger charge is 2.22. The van der Waals surface area contributed by atoms with Crippen LogP contribution in [0.2, 0.25) is 0 Å². The zero-order valence-corrected chi connectivity index (χ0v) is 12.3. The van der Waals surface area contributed by atoms with Crippen LogP contribution in [0.25, 0.3) is 0 Å². The molecule has 1 atom stereocenters. The van der Waals surface area contributed by atoms with E-state index in [0.29, 0.717) is 24.9 Å². The monoisotopic (exact) mass is 302 g/mol. The van der Waals surface area contributed by atoms with Crippen molar-refractivity contribution in [3.05, 3.63) is 41.5 Å². The third kappa shape index (κ3) is 3.69. The summed E-state index contributed by atoms with van der Waals surface area (Å²) in [5.41, 5.74) is 1.89. The standard InChI is InChI=1S/C15H18N4O3/c1-10-2-4-11(5-3-10)17-14(20)8-13-18-15(22-19-13)12-9-16-6-7-21-12/h2-5,12,16H,6-9H2,1H3,(H,17,20)/t12-/m1/s1. The first-order valence-electron chi connectivity index (χ1n) is 7.22. The van der Waals surface area contributed by atoms with Crippen molar-refractivity contribution in [1.29, 1.82) is 0 Å². The molecule has 0 bridgehead atoms. The highest BCUT2D eigenvalue weighted by Crippen LogP contribution is 2.16. The van der Waals surface area contributed by atoms with E-state index < -0.39 is 0 Å². The first kappa shape index (κ1) is 14.7. The highest BCUT2D eigenvalue weighted by atomic mass is 16.5. The van der Waals surface area contributed by atoms with Crippen molar-refractivity contribution in [2.24, 2.45) is 0 Å². The van der Waals surface area contributed by atoms with Crippen LogP contribution in [0.3, 0.4) is 0 Å². The van der Waals surface area contributed by atoms with Crippen molar-refractivity contribution in [3.63, 3.8) is 0 Å². The SMILES string of the molecule is Cc1ccc(NC(=O)Cc2noc([C@H]3CNCCO3)n2)cc1. The number of ether oxygens (including phenoxy) is 1.